The highest BCUT2D eigenvalue weighted by Crippen LogP contribution is 2.11. The van der Waals surface area contributed by atoms with Crippen molar-refractivity contribution < 1.29 is 0 Å². The summed E-state index contributed by atoms with van der Waals surface area (Å²) in [4.78, 5) is 0. The number of nitrogens with one attached hydrogen (secondary N) is 1. The molecule has 1 nitrogen and oxygen atoms in total. The molecule has 0 amide bonds. The highest BCUT2D eigenvalue weighted by atomic mass is 14.8. The fourth-order valence-corrected chi connectivity index (χ4v) is 2.13. The minimum absolute atomic E-state index is 0.656. The molecular weight excluding hydrogens is 169 g/mol. The average molecular weight is 189 g/mol. The van der Waals surface area contributed by atoms with Crippen molar-refractivity contribution in [2.75, 3.05) is 12.4 Å². The lowest BCUT2D eigenvalue weighted by molar-refractivity contribution is 1.07. The summed E-state index contributed by atoms with van der Waals surface area (Å²) < 4.78 is 0. The molecule has 1 N–H and O–H groups in total. The molecule has 14 heavy (non-hydrogen) atoms. The van der Waals surface area contributed by atoms with Crippen LogP contribution < -0.4 is 10.8 Å². The number of hydrogen-bond donors (Lipinski definition) is 1. The number of hydrogen-bond acceptors (Lipinski definition) is 1. The highest BCUT2D eigenvalue weighted by molar-refractivity contribution is 6.73. The quantitative estimate of drug-likeness (QED) is 0.718. The fourth-order valence-electron chi connectivity index (χ4n) is 2.13. The normalized spacial score (nSPS) is 10.0. The molecule has 0 aliphatic heterocycles. The maximum Gasteiger partial charge on any atom is 0.175 e. The Morgan fingerprint density at radius 2 is 2.07 bits per heavy atom. The Morgan fingerprint density at radius 1 is 1.36 bits per heavy atom. The second-order valence-corrected chi connectivity index (χ2v) is 3.98. The van der Waals surface area contributed by atoms with Crippen LogP contribution in [-0.4, -0.2) is 13.8 Å². The molecule has 0 unspecified atom stereocenters. The largest absolute Gasteiger partial charge is 0.389 e. The van der Waals surface area contributed by atoms with Crippen molar-refractivity contribution in [2.24, 2.45) is 0 Å². The third-order valence-corrected chi connectivity index (χ3v) is 2.81. The van der Waals surface area contributed by atoms with Gasteiger partial charge in [0.1, 0.15) is 0 Å². The van der Waals surface area contributed by atoms with Gasteiger partial charge < -0.3 is 5.32 Å². The molecule has 0 spiro atoms. The van der Waals surface area contributed by atoms with Crippen LogP contribution in [0.1, 0.15) is 18.9 Å². The molecule has 0 radical (unpaired) electrons. The third kappa shape index (κ3) is 2.31. The van der Waals surface area contributed by atoms with E-state index >= 15 is 0 Å². The van der Waals surface area contributed by atoms with Gasteiger partial charge in [0.2, 0.25) is 0 Å². The first kappa shape index (κ1) is 11.2. The SMILES string of the molecule is CCCB(C)c1c(C)cccc1NC. The predicted molar refractivity (Wildman–Crippen MR) is 67.1 cm³/mol. The Labute approximate surface area is 88.0 Å². The molecule has 1 aromatic rings. The van der Waals surface area contributed by atoms with Crippen LogP contribution in [0.3, 0.4) is 0 Å². The van der Waals surface area contributed by atoms with Crippen LogP contribution in [0.2, 0.25) is 13.1 Å². The summed E-state index contributed by atoms with van der Waals surface area (Å²) in [6.07, 6.45) is 2.51. The molecule has 0 aliphatic rings. The molecule has 0 bridgehead atoms. The Hall–Kier alpha value is -0.915. The second kappa shape index (κ2) is 5.09. The first-order valence-electron chi connectivity index (χ1n) is 5.48. The monoisotopic (exact) mass is 189 g/mol. The molecule has 1 rings (SSSR count). The summed E-state index contributed by atoms with van der Waals surface area (Å²) in [7, 11) is 2.00. The molecule has 0 aromatic heterocycles. The van der Waals surface area contributed by atoms with Gasteiger partial charge in [-0.3, -0.25) is 0 Å². The lowest BCUT2D eigenvalue weighted by atomic mass is 9.43. The smallest absolute Gasteiger partial charge is 0.175 e. The van der Waals surface area contributed by atoms with Crippen molar-refractivity contribution in [3.8, 4) is 0 Å². The molecule has 0 fully saturated rings. The Balaban J connectivity index is 3.03. The molecule has 76 valence electrons. The molecule has 0 aliphatic carbocycles. The van der Waals surface area contributed by atoms with Crippen LogP contribution in [0.15, 0.2) is 18.2 Å². The lowest BCUT2D eigenvalue weighted by Crippen LogP contribution is -2.31. The van der Waals surface area contributed by atoms with Crippen LogP contribution in [0.5, 0.6) is 0 Å². The van der Waals surface area contributed by atoms with E-state index in [-0.39, 0.29) is 0 Å². The van der Waals surface area contributed by atoms with Gasteiger partial charge in [-0.25, -0.2) is 0 Å². The summed E-state index contributed by atoms with van der Waals surface area (Å²) in [6.45, 7) is 7.41. The van der Waals surface area contributed by atoms with E-state index < -0.39 is 0 Å². The first-order chi connectivity index (χ1) is 6.70. The van der Waals surface area contributed by atoms with Crippen molar-refractivity contribution >= 4 is 17.9 Å². The fraction of sp³-hybridized carbons (Fsp3) is 0.500. The van der Waals surface area contributed by atoms with Gasteiger partial charge in [0.05, 0.1) is 0 Å². The molecule has 2 heteroatoms. The van der Waals surface area contributed by atoms with E-state index in [1.807, 2.05) is 7.05 Å². The van der Waals surface area contributed by atoms with Crippen LogP contribution in [0.25, 0.3) is 0 Å². The van der Waals surface area contributed by atoms with Gasteiger partial charge in [0.25, 0.3) is 0 Å². The number of aryl methyl sites for hydroxylation is 1. The summed E-state index contributed by atoms with van der Waals surface area (Å²) in [5, 5.41) is 3.28. The van der Waals surface area contributed by atoms with Crippen LogP contribution in [0, 0.1) is 6.92 Å². The Bertz CT molecular complexity index is 296. The van der Waals surface area contributed by atoms with E-state index in [1.165, 1.54) is 29.5 Å². The Morgan fingerprint density at radius 3 is 2.64 bits per heavy atom. The highest BCUT2D eigenvalue weighted by Gasteiger charge is 2.14. The summed E-state index contributed by atoms with van der Waals surface area (Å²) in [5.74, 6) is 0. The molecular formula is C12H20BN. The van der Waals surface area contributed by atoms with Crippen molar-refractivity contribution in [3.63, 3.8) is 0 Å². The molecule has 0 atom stereocenters. The zero-order valence-electron chi connectivity index (χ0n) is 9.72. The van der Waals surface area contributed by atoms with Gasteiger partial charge in [0, 0.05) is 12.7 Å². The van der Waals surface area contributed by atoms with Crippen molar-refractivity contribution in [3.05, 3.63) is 23.8 Å². The molecule has 0 saturated carbocycles. The lowest BCUT2D eigenvalue weighted by Gasteiger charge is -2.16. The topological polar surface area (TPSA) is 12.0 Å². The number of rotatable bonds is 4. The van der Waals surface area contributed by atoms with Crippen molar-refractivity contribution in [1.82, 2.24) is 0 Å². The zero-order chi connectivity index (χ0) is 10.6. The van der Waals surface area contributed by atoms with Gasteiger partial charge in [-0.15, -0.1) is 0 Å². The van der Waals surface area contributed by atoms with Crippen LogP contribution in [0.4, 0.5) is 5.69 Å². The zero-order valence-corrected chi connectivity index (χ0v) is 9.72. The molecule has 1 aromatic carbocycles. The minimum Gasteiger partial charge on any atom is -0.389 e. The first-order valence-corrected chi connectivity index (χ1v) is 5.48. The number of anilines is 1. The van der Waals surface area contributed by atoms with E-state index in [9.17, 15) is 0 Å². The van der Waals surface area contributed by atoms with Crippen LogP contribution in [-0.2, 0) is 0 Å². The van der Waals surface area contributed by atoms with Crippen LogP contribution >= 0.6 is 0 Å². The van der Waals surface area contributed by atoms with Crippen molar-refractivity contribution in [1.29, 1.82) is 0 Å². The summed E-state index contributed by atoms with van der Waals surface area (Å²) in [5.41, 5.74) is 4.17. The third-order valence-electron chi connectivity index (χ3n) is 2.81. The van der Waals surface area contributed by atoms with Crippen molar-refractivity contribution in [2.45, 2.75) is 33.4 Å². The van der Waals surface area contributed by atoms with E-state index in [2.05, 4.69) is 44.2 Å². The Kier molecular flexibility index (Phi) is 4.06. The average Bonchev–Trinajstić information content (AvgIpc) is 2.17. The van der Waals surface area contributed by atoms with Gasteiger partial charge in [-0.1, -0.05) is 49.6 Å². The van der Waals surface area contributed by atoms with E-state index in [1.54, 1.807) is 0 Å². The van der Waals surface area contributed by atoms with Gasteiger partial charge in [-0.2, -0.15) is 0 Å². The minimum atomic E-state index is 0.656. The predicted octanol–water partition coefficient (Wildman–Crippen LogP) is 2.78. The van der Waals surface area contributed by atoms with E-state index in [0.717, 1.165) is 0 Å². The van der Waals surface area contributed by atoms with E-state index in [0.29, 0.717) is 6.71 Å². The number of benzene rings is 1. The van der Waals surface area contributed by atoms with Gasteiger partial charge in [-0.05, 0) is 13.0 Å². The maximum atomic E-state index is 3.28. The standard InChI is InChI=1S/C12H20BN/c1-5-9-13(3)12-10(2)7-6-8-11(12)14-4/h6-8,14H,5,9H2,1-4H3. The second-order valence-electron chi connectivity index (χ2n) is 3.98. The van der Waals surface area contributed by atoms with E-state index in [4.69, 9.17) is 0 Å². The van der Waals surface area contributed by atoms with Gasteiger partial charge >= 0.3 is 0 Å². The summed E-state index contributed by atoms with van der Waals surface area (Å²) >= 11 is 0. The van der Waals surface area contributed by atoms with Gasteiger partial charge in [0.15, 0.2) is 6.71 Å². The molecule has 0 heterocycles. The summed E-state index contributed by atoms with van der Waals surface area (Å²) in [6, 6.07) is 6.47. The molecule has 0 saturated heterocycles. The maximum absolute atomic E-state index is 3.28.